The van der Waals surface area contributed by atoms with Crippen LogP contribution in [-0.2, 0) is 4.79 Å². The Kier molecular flexibility index (Phi) is 4.07. The second kappa shape index (κ2) is 6.29. The van der Waals surface area contributed by atoms with Gasteiger partial charge in [-0.2, -0.15) is 0 Å². The van der Waals surface area contributed by atoms with Gasteiger partial charge < -0.3 is 5.32 Å². The SMILES string of the molecule is Cc1c(-c2ccc3cc(NC(=O)[C@@H]4C[C@@H]4F)ncc3c2)cnc(Cl)c1F. The van der Waals surface area contributed by atoms with Crippen LogP contribution < -0.4 is 5.32 Å². The summed E-state index contributed by atoms with van der Waals surface area (Å²) in [6, 6.07) is 7.27. The maximum absolute atomic E-state index is 14.0. The van der Waals surface area contributed by atoms with Crippen LogP contribution in [0, 0.1) is 18.7 Å². The molecule has 1 aliphatic rings. The molecule has 0 aliphatic heterocycles. The molecule has 2 atom stereocenters. The number of nitrogens with zero attached hydrogens (tertiary/aromatic N) is 2. The molecule has 26 heavy (non-hydrogen) atoms. The Morgan fingerprint density at radius 1 is 1.23 bits per heavy atom. The van der Waals surface area contributed by atoms with E-state index in [1.165, 1.54) is 6.20 Å². The third kappa shape index (κ3) is 3.01. The number of hydrogen-bond donors (Lipinski definition) is 1. The number of halogens is 3. The summed E-state index contributed by atoms with van der Waals surface area (Å²) in [5.41, 5.74) is 1.86. The standard InChI is InChI=1S/C19H14ClF2N3O/c1-9-14(8-24-18(20)17(9)22)11-3-2-10-5-16(23-7-12(10)4-11)25-19(26)13-6-15(13)21/h2-5,7-8,13,15H,6H2,1H3,(H,23,25,26)/t13-,15+/m1/s1. The van der Waals surface area contributed by atoms with Crippen LogP contribution >= 0.6 is 11.6 Å². The third-order valence-electron chi connectivity index (χ3n) is 4.55. The van der Waals surface area contributed by atoms with Crippen LogP contribution in [0.3, 0.4) is 0 Å². The maximum Gasteiger partial charge on any atom is 0.231 e. The summed E-state index contributed by atoms with van der Waals surface area (Å²) in [5, 5.41) is 4.16. The molecule has 4 rings (SSSR count). The summed E-state index contributed by atoms with van der Waals surface area (Å²) < 4.78 is 26.9. The van der Waals surface area contributed by atoms with E-state index in [0.717, 1.165) is 16.3 Å². The summed E-state index contributed by atoms with van der Waals surface area (Å²) in [6.45, 7) is 1.65. The van der Waals surface area contributed by atoms with Crippen molar-refractivity contribution in [3.63, 3.8) is 0 Å². The molecule has 1 amide bonds. The van der Waals surface area contributed by atoms with E-state index in [1.807, 2.05) is 18.2 Å². The average Bonchev–Trinajstić information content (AvgIpc) is 3.36. The summed E-state index contributed by atoms with van der Waals surface area (Å²) in [6.07, 6.45) is 2.37. The predicted molar refractivity (Wildman–Crippen MR) is 96.3 cm³/mol. The lowest BCUT2D eigenvalue weighted by atomic mass is 10.00. The maximum atomic E-state index is 14.0. The average molecular weight is 374 g/mol. The van der Waals surface area contributed by atoms with Crippen LogP contribution in [0.1, 0.15) is 12.0 Å². The molecule has 1 aromatic carbocycles. The number of pyridine rings is 2. The Labute approximate surface area is 153 Å². The molecule has 0 spiro atoms. The van der Waals surface area contributed by atoms with Gasteiger partial charge in [0.05, 0.1) is 5.92 Å². The first-order chi connectivity index (χ1) is 12.4. The second-order valence-corrected chi connectivity index (χ2v) is 6.74. The molecule has 4 nitrogen and oxygen atoms in total. The summed E-state index contributed by atoms with van der Waals surface area (Å²) in [7, 11) is 0. The van der Waals surface area contributed by atoms with Crippen LogP contribution in [0.5, 0.6) is 0 Å². The smallest absolute Gasteiger partial charge is 0.231 e. The molecular weight excluding hydrogens is 360 g/mol. The van der Waals surface area contributed by atoms with Gasteiger partial charge >= 0.3 is 0 Å². The Hall–Kier alpha value is -2.60. The van der Waals surface area contributed by atoms with Gasteiger partial charge in [-0.3, -0.25) is 4.79 Å². The summed E-state index contributed by atoms with van der Waals surface area (Å²) in [5.74, 6) is -1.07. The number of carbonyl (C=O) groups excluding carboxylic acids is 1. The van der Waals surface area contributed by atoms with E-state index in [9.17, 15) is 13.6 Å². The fourth-order valence-corrected chi connectivity index (χ4v) is 3.06. The van der Waals surface area contributed by atoms with Crippen LogP contribution in [0.15, 0.2) is 36.7 Å². The molecule has 0 unspecified atom stereocenters. The van der Waals surface area contributed by atoms with Gasteiger partial charge in [-0.1, -0.05) is 23.7 Å². The topological polar surface area (TPSA) is 54.9 Å². The quantitative estimate of drug-likeness (QED) is 0.677. The highest BCUT2D eigenvalue weighted by Gasteiger charge is 2.43. The number of carbonyl (C=O) groups is 1. The minimum atomic E-state index is -1.05. The normalized spacial score (nSPS) is 18.8. The number of rotatable bonds is 3. The van der Waals surface area contributed by atoms with Crippen LogP contribution in [0.25, 0.3) is 21.9 Å². The van der Waals surface area contributed by atoms with Gasteiger partial charge in [0.15, 0.2) is 11.0 Å². The van der Waals surface area contributed by atoms with Crippen molar-refractivity contribution in [3.8, 4) is 11.1 Å². The Bertz CT molecular complexity index is 1040. The Balaban J connectivity index is 1.65. The largest absolute Gasteiger partial charge is 0.310 e. The highest BCUT2D eigenvalue weighted by Crippen LogP contribution is 2.35. The van der Waals surface area contributed by atoms with Crippen molar-refractivity contribution < 1.29 is 13.6 Å². The van der Waals surface area contributed by atoms with Crippen molar-refractivity contribution in [3.05, 3.63) is 53.2 Å². The minimum Gasteiger partial charge on any atom is -0.310 e. The van der Waals surface area contributed by atoms with Gasteiger partial charge in [-0.25, -0.2) is 18.7 Å². The number of nitrogens with one attached hydrogen (secondary N) is 1. The molecule has 7 heteroatoms. The zero-order valence-corrected chi connectivity index (χ0v) is 14.5. The zero-order chi connectivity index (χ0) is 18.4. The fraction of sp³-hybridized carbons (Fsp3) is 0.211. The number of amides is 1. The van der Waals surface area contributed by atoms with Crippen molar-refractivity contribution in [1.82, 2.24) is 9.97 Å². The van der Waals surface area contributed by atoms with Crippen LogP contribution in [0.2, 0.25) is 5.15 Å². The molecule has 1 saturated carbocycles. The number of fused-ring (bicyclic) bond motifs is 1. The lowest BCUT2D eigenvalue weighted by molar-refractivity contribution is -0.117. The molecule has 2 heterocycles. The molecule has 0 saturated heterocycles. The van der Waals surface area contributed by atoms with Crippen molar-refractivity contribution in [2.24, 2.45) is 5.92 Å². The van der Waals surface area contributed by atoms with E-state index in [2.05, 4.69) is 15.3 Å². The monoisotopic (exact) mass is 373 g/mol. The van der Waals surface area contributed by atoms with E-state index in [1.54, 1.807) is 19.2 Å². The first-order valence-electron chi connectivity index (χ1n) is 8.10. The molecule has 1 fully saturated rings. The molecular formula is C19H14ClF2N3O. The molecule has 0 bridgehead atoms. The zero-order valence-electron chi connectivity index (χ0n) is 13.8. The van der Waals surface area contributed by atoms with Crippen molar-refractivity contribution in [1.29, 1.82) is 0 Å². The molecule has 1 aliphatic carbocycles. The Morgan fingerprint density at radius 2 is 2.00 bits per heavy atom. The minimum absolute atomic E-state index is 0.153. The third-order valence-corrected chi connectivity index (χ3v) is 4.82. The van der Waals surface area contributed by atoms with Gasteiger partial charge in [0, 0.05) is 23.3 Å². The first-order valence-corrected chi connectivity index (χ1v) is 8.47. The Morgan fingerprint density at radius 3 is 2.73 bits per heavy atom. The number of hydrogen-bond acceptors (Lipinski definition) is 3. The lowest BCUT2D eigenvalue weighted by Crippen LogP contribution is -2.15. The van der Waals surface area contributed by atoms with Gasteiger partial charge in [0.25, 0.3) is 0 Å². The highest BCUT2D eigenvalue weighted by molar-refractivity contribution is 6.29. The van der Waals surface area contributed by atoms with Crippen LogP contribution in [0.4, 0.5) is 14.6 Å². The second-order valence-electron chi connectivity index (χ2n) is 6.38. The summed E-state index contributed by atoms with van der Waals surface area (Å²) in [4.78, 5) is 19.9. The van der Waals surface area contributed by atoms with Gasteiger partial charge in [0.1, 0.15) is 12.0 Å². The van der Waals surface area contributed by atoms with E-state index < -0.39 is 17.9 Å². The van der Waals surface area contributed by atoms with E-state index in [-0.39, 0.29) is 17.5 Å². The highest BCUT2D eigenvalue weighted by atomic mass is 35.5. The van der Waals surface area contributed by atoms with Gasteiger partial charge in [-0.05, 0) is 42.0 Å². The van der Waals surface area contributed by atoms with Gasteiger partial charge in [-0.15, -0.1) is 0 Å². The van der Waals surface area contributed by atoms with E-state index in [4.69, 9.17) is 11.6 Å². The molecule has 0 radical (unpaired) electrons. The van der Waals surface area contributed by atoms with E-state index in [0.29, 0.717) is 16.9 Å². The number of anilines is 1. The number of alkyl halides is 1. The summed E-state index contributed by atoms with van der Waals surface area (Å²) >= 11 is 5.71. The van der Waals surface area contributed by atoms with Crippen molar-refractivity contribution in [2.75, 3.05) is 5.32 Å². The fourth-order valence-electron chi connectivity index (χ4n) is 2.87. The molecule has 2 aromatic heterocycles. The number of aromatic nitrogens is 2. The number of benzene rings is 1. The first kappa shape index (κ1) is 16.8. The lowest BCUT2D eigenvalue weighted by Gasteiger charge is -2.09. The molecule has 3 aromatic rings. The molecule has 1 N–H and O–H groups in total. The van der Waals surface area contributed by atoms with E-state index >= 15 is 0 Å². The van der Waals surface area contributed by atoms with Crippen molar-refractivity contribution >= 4 is 34.1 Å². The van der Waals surface area contributed by atoms with Crippen LogP contribution in [-0.4, -0.2) is 22.0 Å². The molecule has 132 valence electrons. The van der Waals surface area contributed by atoms with Crippen molar-refractivity contribution in [2.45, 2.75) is 19.5 Å². The van der Waals surface area contributed by atoms with Gasteiger partial charge in [0.2, 0.25) is 5.91 Å². The predicted octanol–water partition coefficient (Wildman–Crippen LogP) is 4.69.